The monoisotopic (exact) mass is 420 g/mol. The molecule has 0 amide bonds. The molecule has 4 rings (SSSR count). The number of aliphatic carboxylic acids is 1. The molecule has 0 bridgehead atoms. The lowest BCUT2D eigenvalue weighted by Crippen LogP contribution is -1.95. The number of benzene rings is 3. The van der Waals surface area contributed by atoms with Crippen molar-refractivity contribution in [2.24, 2.45) is 0 Å². The number of hydrogen-bond acceptors (Lipinski definition) is 2. The van der Waals surface area contributed by atoms with E-state index in [1.54, 1.807) is 12.3 Å². The van der Waals surface area contributed by atoms with E-state index in [0.717, 1.165) is 40.4 Å². The number of nitrogens with zero attached hydrogens (tertiary/aromatic N) is 1. The largest absolute Gasteiger partial charge is 0.478 e. The number of hydrogen-bond donors (Lipinski definition) is 2. The zero-order valence-electron chi connectivity index (χ0n) is 17.8. The van der Waals surface area contributed by atoms with Gasteiger partial charge in [-0.1, -0.05) is 85.8 Å². The third-order valence-electron chi connectivity index (χ3n) is 5.38. The second kappa shape index (κ2) is 9.75. The molecule has 0 aliphatic carbocycles. The van der Waals surface area contributed by atoms with Gasteiger partial charge < -0.3 is 5.11 Å². The van der Waals surface area contributed by atoms with Crippen LogP contribution in [0.5, 0.6) is 0 Å². The van der Waals surface area contributed by atoms with E-state index in [4.69, 9.17) is 5.11 Å². The van der Waals surface area contributed by atoms with Gasteiger partial charge in [0, 0.05) is 12.3 Å². The van der Waals surface area contributed by atoms with Crippen molar-refractivity contribution in [3.05, 3.63) is 119 Å². The molecular weight excluding hydrogens is 396 g/mol. The summed E-state index contributed by atoms with van der Waals surface area (Å²) in [5.41, 5.74) is 8.75. The first-order valence-corrected chi connectivity index (χ1v) is 10.6. The normalized spacial score (nSPS) is 12.0. The quantitative estimate of drug-likeness (QED) is 0.263. The summed E-state index contributed by atoms with van der Waals surface area (Å²) in [7, 11) is 0. The summed E-state index contributed by atoms with van der Waals surface area (Å²) in [6.45, 7) is 2.17. The highest BCUT2D eigenvalue weighted by Gasteiger charge is 2.13. The van der Waals surface area contributed by atoms with Crippen LogP contribution in [0, 0.1) is 0 Å². The van der Waals surface area contributed by atoms with Crippen LogP contribution in [0.4, 0.5) is 0 Å². The molecule has 2 N–H and O–H groups in total. The minimum atomic E-state index is -0.954. The molecule has 0 aliphatic heterocycles. The Morgan fingerprint density at radius 1 is 0.875 bits per heavy atom. The van der Waals surface area contributed by atoms with Crippen molar-refractivity contribution in [1.29, 1.82) is 0 Å². The standard InChI is InChI=1S/C28H24N2O2/c1-2-25(21-6-4-3-5-7-21)28(23-11-8-20(9-12-23)10-17-27(31)32)24-15-13-22(14-16-24)26-18-19-29-30-26/h3-19H,2H2,1H3,(H,29,30)(H,31,32). The molecular formula is C28H24N2O2. The van der Waals surface area contributed by atoms with Gasteiger partial charge in [-0.3, -0.25) is 5.10 Å². The maximum absolute atomic E-state index is 10.8. The Labute approximate surface area is 187 Å². The number of rotatable bonds is 7. The number of nitrogens with one attached hydrogen (secondary N) is 1. The van der Waals surface area contributed by atoms with E-state index >= 15 is 0 Å². The van der Waals surface area contributed by atoms with Crippen molar-refractivity contribution in [3.63, 3.8) is 0 Å². The lowest BCUT2D eigenvalue weighted by atomic mass is 9.87. The topological polar surface area (TPSA) is 66.0 Å². The molecule has 32 heavy (non-hydrogen) atoms. The fraction of sp³-hybridized carbons (Fsp3) is 0.0714. The fourth-order valence-corrected chi connectivity index (χ4v) is 3.84. The third-order valence-corrected chi connectivity index (χ3v) is 5.38. The Kier molecular flexibility index (Phi) is 6.42. The summed E-state index contributed by atoms with van der Waals surface area (Å²) < 4.78 is 0. The highest BCUT2D eigenvalue weighted by Crippen LogP contribution is 2.35. The molecule has 1 aromatic heterocycles. The van der Waals surface area contributed by atoms with Gasteiger partial charge in [-0.2, -0.15) is 5.10 Å². The van der Waals surface area contributed by atoms with Crippen LogP contribution in [0.25, 0.3) is 28.5 Å². The van der Waals surface area contributed by atoms with Gasteiger partial charge in [0.15, 0.2) is 0 Å². The van der Waals surface area contributed by atoms with Crippen LogP contribution < -0.4 is 0 Å². The smallest absolute Gasteiger partial charge is 0.328 e. The summed E-state index contributed by atoms with van der Waals surface area (Å²) in [4.78, 5) is 10.8. The summed E-state index contributed by atoms with van der Waals surface area (Å²) in [6, 6.07) is 28.9. The molecule has 0 atom stereocenters. The number of allylic oxidation sites excluding steroid dienone is 1. The van der Waals surface area contributed by atoms with Gasteiger partial charge >= 0.3 is 5.97 Å². The molecule has 0 aliphatic rings. The number of carbonyl (C=O) groups is 1. The summed E-state index contributed by atoms with van der Waals surface area (Å²) in [5.74, 6) is -0.954. The predicted molar refractivity (Wildman–Crippen MR) is 130 cm³/mol. The Morgan fingerprint density at radius 2 is 1.53 bits per heavy atom. The summed E-state index contributed by atoms with van der Waals surface area (Å²) in [5, 5.41) is 15.9. The summed E-state index contributed by atoms with van der Waals surface area (Å²) >= 11 is 0. The summed E-state index contributed by atoms with van der Waals surface area (Å²) in [6.07, 6.45) is 5.38. The predicted octanol–water partition coefficient (Wildman–Crippen LogP) is 6.54. The average molecular weight is 421 g/mol. The maximum Gasteiger partial charge on any atom is 0.328 e. The first-order chi connectivity index (χ1) is 15.7. The number of carboxylic acids is 1. The minimum Gasteiger partial charge on any atom is -0.478 e. The van der Waals surface area contributed by atoms with E-state index in [1.807, 2.05) is 24.3 Å². The van der Waals surface area contributed by atoms with Gasteiger partial charge in [0.25, 0.3) is 0 Å². The molecule has 4 heteroatoms. The molecule has 0 fully saturated rings. The van der Waals surface area contributed by atoms with Crippen LogP contribution in [0.15, 0.2) is 97.2 Å². The second-order valence-corrected chi connectivity index (χ2v) is 7.41. The third kappa shape index (κ3) is 4.76. The van der Waals surface area contributed by atoms with Gasteiger partial charge in [0.1, 0.15) is 0 Å². The van der Waals surface area contributed by atoms with Crippen molar-refractivity contribution in [3.8, 4) is 11.3 Å². The molecule has 0 saturated heterocycles. The number of aromatic amines is 1. The van der Waals surface area contributed by atoms with Crippen molar-refractivity contribution in [2.45, 2.75) is 13.3 Å². The Balaban J connectivity index is 1.82. The Hall–Kier alpha value is -4.18. The second-order valence-electron chi connectivity index (χ2n) is 7.41. The maximum atomic E-state index is 10.8. The first-order valence-electron chi connectivity index (χ1n) is 10.6. The highest BCUT2D eigenvalue weighted by atomic mass is 16.4. The van der Waals surface area contributed by atoms with Gasteiger partial charge in [0.2, 0.25) is 0 Å². The molecule has 0 unspecified atom stereocenters. The van der Waals surface area contributed by atoms with Crippen LogP contribution in [-0.4, -0.2) is 21.3 Å². The Morgan fingerprint density at radius 3 is 2.09 bits per heavy atom. The van der Waals surface area contributed by atoms with Gasteiger partial charge in [-0.15, -0.1) is 0 Å². The highest BCUT2D eigenvalue weighted by molar-refractivity contribution is 5.99. The van der Waals surface area contributed by atoms with E-state index in [-0.39, 0.29) is 0 Å². The van der Waals surface area contributed by atoms with Crippen molar-refractivity contribution >= 4 is 23.2 Å². The van der Waals surface area contributed by atoms with E-state index in [9.17, 15) is 4.79 Å². The zero-order valence-corrected chi connectivity index (χ0v) is 17.8. The molecule has 0 saturated carbocycles. The van der Waals surface area contributed by atoms with Crippen molar-refractivity contribution in [2.75, 3.05) is 0 Å². The number of H-pyrrole nitrogens is 1. The van der Waals surface area contributed by atoms with E-state index in [2.05, 4.69) is 77.8 Å². The van der Waals surface area contributed by atoms with Crippen LogP contribution in [0.2, 0.25) is 0 Å². The molecule has 4 aromatic rings. The van der Waals surface area contributed by atoms with Crippen LogP contribution in [-0.2, 0) is 4.79 Å². The molecule has 3 aromatic carbocycles. The van der Waals surface area contributed by atoms with Crippen LogP contribution in [0.1, 0.15) is 35.6 Å². The molecule has 4 nitrogen and oxygen atoms in total. The molecule has 1 heterocycles. The molecule has 0 radical (unpaired) electrons. The van der Waals surface area contributed by atoms with Crippen LogP contribution in [0.3, 0.4) is 0 Å². The molecule has 158 valence electrons. The number of aromatic nitrogens is 2. The van der Waals surface area contributed by atoms with E-state index < -0.39 is 5.97 Å². The number of carboxylic acid groups (broad SMARTS) is 1. The van der Waals surface area contributed by atoms with Gasteiger partial charge in [-0.25, -0.2) is 4.79 Å². The SMILES string of the molecule is CCC(=C(c1ccc(C=CC(=O)O)cc1)c1ccc(-c2ccn[nH]2)cc1)c1ccccc1. The average Bonchev–Trinajstić information content (AvgIpc) is 3.37. The van der Waals surface area contributed by atoms with E-state index in [1.165, 1.54) is 16.7 Å². The van der Waals surface area contributed by atoms with Crippen molar-refractivity contribution in [1.82, 2.24) is 10.2 Å². The van der Waals surface area contributed by atoms with Crippen molar-refractivity contribution < 1.29 is 9.90 Å². The molecule has 0 spiro atoms. The van der Waals surface area contributed by atoms with Gasteiger partial charge in [0.05, 0.1) is 5.69 Å². The zero-order chi connectivity index (χ0) is 22.3. The minimum absolute atomic E-state index is 0.850. The van der Waals surface area contributed by atoms with Gasteiger partial charge in [-0.05, 0) is 57.5 Å². The lowest BCUT2D eigenvalue weighted by molar-refractivity contribution is -0.131. The van der Waals surface area contributed by atoms with E-state index in [0.29, 0.717) is 0 Å². The van der Waals surface area contributed by atoms with Crippen LogP contribution >= 0.6 is 0 Å². The Bertz CT molecular complexity index is 1240. The first kappa shape index (κ1) is 21.1. The fourth-order valence-electron chi connectivity index (χ4n) is 3.84. The lowest BCUT2D eigenvalue weighted by Gasteiger charge is -2.17.